The average molecular weight is 611 g/mol. The zero-order chi connectivity index (χ0) is 29.4. The van der Waals surface area contributed by atoms with Gasteiger partial charge in [0.05, 0.1) is 18.9 Å². The van der Waals surface area contributed by atoms with E-state index in [-0.39, 0.29) is 48.9 Å². The van der Waals surface area contributed by atoms with Crippen molar-refractivity contribution in [3.63, 3.8) is 0 Å². The number of ether oxygens (including phenoxy) is 1. The average Bonchev–Trinajstić information content (AvgIpc) is 3.64. The van der Waals surface area contributed by atoms with Crippen molar-refractivity contribution >= 4 is 44.1 Å². The number of morpholine rings is 1. The predicted octanol–water partition coefficient (Wildman–Crippen LogP) is 1.79. The lowest BCUT2D eigenvalue weighted by Crippen LogP contribution is -2.56. The van der Waals surface area contributed by atoms with Crippen molar-refractivity contribution in [3.8, 4) is 12.3 Å². The maximum Gasteiger partial charge on any atom is 0.283 e. The van der Waals surface area contributed by atoms with Crippen molar-refractivity contribution in [1.29, 1.82) is 0 Å². The number of nitrogens with one attached hydrogen (secondary N) is 2. The molecule has 3 aliphatic heterocycles. The first kappa shape index (κ1) is 28.8. The number of fused-ring (bicyclic) bond motifs is 2. The fourth-order valence-corrected chi connectivity index (χ4v) is 8.30. The predicted molar refractivity (Wildman–Crippen MR) is 159 cm³/mol. The van der Waals surface area contributed by atoms with E-state index in [4.69, 9.17) is 11.2 Å². The van der Waals surface area contributed by atoms with Crippen LogP contribution in [0.2, 0.25) is 0 Å². The van der Waals surface area contributed by atoms with Gasteiger partial charge in [-0.2, -0.15) is 4.31 Å². The Kier molecular flexibility index (Phi) is 8.08. The summed E-state index contributed by atoms with van der Waals surface area (Å²) in [4.78, 5) is 39.1. The number of hydrogen-bond acceptors (Lipinski definition) is 8. The van der Waals surface area contributed by atoms with Gasteiger partial charge in [0.15, 0.2) is 5.01 Å². The molecule has 2 aromatic heterocycles. The molecule has 222 valence electrons. The summed E-state index contributed by atoms with van der Waals surface area (Å²) in [7, 11) is -3.90. The minimum Gasteiger partial charge on any atom is -0.378 e. The van der Waals surface area contributed by atoms with Crippen LogP contribution in [0.3, 0.4) is 0 Å². The van der Waals surface area contributed by atoms with Gasteiger partial charge in [0, 0.05) is 85.5 Å². The highest BCUT2D eigenvalue weighted by molar-refractivity contribution is 7.89. The molecule has 2 fully saturated rings. The molecule has 0 spiro atoms. The summed E-state index contributed by atoms with van der Waals surface area (Å²) in [6.07, 6.45) is 6.83. The second-order valence-electron chi connectivity index (χ2n) is 11.0. The second kappa shape index (κ2) is 11.8. The normalized spacial score (nSPS) is 21.7. The number of amides is 2. The maximum absolute atomic E-state index is 13.8. The van der Waals surface area contributed by atoms with E-state index in [1.807, 2.05) is 0 Å². The van der Waals surface area contributed by atoms with E-state index in [0.29, 0.717) is 60.7 Å². The molecule has 42 heavy (non-hydrogen) atoms. The lowest BCUT2D eigenvalue weighted by atomic mass is 10.1. The van der Waals surface area contributed by atoms with Gasteiger partial charge in [0.2, 0.25) is 5.91 Å². The van der Waals surface area contributed by atoms with Crippen LogP contribution in [-0.2, 0) is 32.5 Å². The summed E-state index contributed by atoms with van der Waals surface area (Å²) in [5.74, 6) is 2.34. The van der Waals surface area contributed by atoms with E-state index in [1.54, 1.807) is 34.1 Å². The molecule has 5 heterocycles. The first-order chi connectivity index (χ1) is 20.2. The molecule has 2 saturated heterocycles. The van der Waals surface area contributed by atoms with Crippen molar-refractivity contribution in [1.82, 2.24) is 29.4 Å². The van der Waals surface area contributed by atoms with Gasteiger partial charge in [-0.25, -0.2) is 13.4 Å². The Bertz CT molecular complexity index is 1650. The topological polar surface area (TPSA) is 128 Å². The number of terminal acetylenes is 1. The van der Waals surface area contributed by atoms with Gasteiger partial charge in [-0.1, -0.05) is 5.92 Å². The van der Waals surface area contributed by atoms with Crippen LogP contribution in [0, 0.1) is 12.3 Å². The van der Waals surface area contributed by atoms with Crippen LogP contribution in [0.25, 0.3) is 10.9 Å². The number of rotatable bonds is 6. The third-order valence-electron chi connectivity index (χ3n) is 8.21. The van der Waals surface area contributed by atoms with Crippen LogP contribution in [-0.4, -0.2) is 102 Å². The number of piperazine rings is 1. The summed E-state index contributed by atoms with van der Waals surface area (Å²) in [6.45, 7) is 5.26. The molecule has 13 heteroatoms. The van der Waals surface area contributed by atoms with E-state index in [0.717, 1.165) is 17.0 Å². The van der Waals surface area contributed by atoms with Gasteiger partial charge >= 0.3 is 0 Å². The van der Waals surface area contributed by atoms with Crippen molar-refractivity contribution in [2.24, 2.45) is 0 Å². The number of nitrogens with zero attached hydrogens (tertiary/aromatic N) is 4. The third kappa shape index (κ3) is 5.69. The Labute approximate surface area is 249 Å². The number of aromatic nitrogens is 2. The van der Waals surface area contributed by atoms with Crippen LogP contribution >= 0.6 is 11.3 Å². The monoisotopic (exact) mass is 610 g/mol. The van der Waals surface area contributed by atoms with Crippen LogP contribution in [0.1, 0.15) is 45.7 Å². The smallest absolute Gasteiger partial charge is 0.283 e. The molecule has 2 atom stereocenters. The number of carbonyl (C=O) groups excluding carboxylic acids is 2. The summed E-state index contributed by atoms with van der Waals surface area (Å²) in [5, 5.41) is 4.60. The molecular weight excluding hydrogens is 576 g/mol. The fraction of sp³-hybridized carbons (Fsp3) is 0.483. The van der Waals surface area contributed by atoms with Crippen molar-refractivity contribution in [2.75, 3.05) is 45.9 Å². The van der Waals surface area contributed by atoms with Gasteiger partial charge in [-0.3, -0.25) is 9.59 Å². The summed E-state index contributed by atoms with van der Waals surface area (Å²) in [5.41, 5.74) is 2.28. The van der Waals surface area contributed by atoms with Gasteiger partial charge < -0.3 is 24.8 Å². The highest BCUT2D eigenvalue weighted by Gasteiger charge is 2.39. The molecule has 0 radical (unpaired) electrons. The number of aromatic amines is 1. The van der Waals surface area contributed by atoms with Crippen molar-refractivity contribution < 1.29 is 22.7 Å². The van der Waals surface area contributed by atoms with Crippen molar-refractivity contribution in [2.45, 2.75) is 49.8 Å². The minimum atomic E-state index is -3.90. The highest BCUT2D eigenvalue weighted by Crippen LogP contribution is 2.29. The quantitative estimate of drug-likeness (QED) is 0.408. The molecule has 1 aromatic carbocycles. The number of hydrogen-bond donors (Lipinski definition) is 2. The van der Waals surface area contributed by atoms with E-state index in [2.05, 4.69) is 28.1 Å². The molecule has 3 aliphatic rings. The fourth-order valence-electron chi connectivity index (χ4n) is 5.82. The van der Waals surface area contributed by atoms with Crippen LogP contribution < -0.4 is 5.32 Å². The Balaban J connectivity index is 1.24. The SMILES string of the molecule is C#Cc1ccc2[nH]c(S(=O)(=O)N3CCN(C(=O)c4nc5c(s4)CNC(C)C5)C(CCC(=O)N4CCOCC4)C3)cc2c1. The number of benzene rings is 1. The highest BCUT2D eigenvalue weighted by atomic mass is 32.2. The summed E-state index contributed by atoms with van der Waals surface area (Å²) >= 11 is 1.39. The van der Waals surface area contributed by atoms with E-state index in [9.17, 15) is 18.0 Å². The molecule has 2 amide bonds. The van der Waals surface area contributed by atoms with Crippen LogP contribution in [0.15, 0.2) is 29.3 Å². The van der Waals surface area contributed by atoms with Crippen LogP contribution in [0.5, 0.6) is 0 Å². The largest absolute Gasteiger partial charge is 0.378 e. The van der Waals surface area contributed by atoms with Gasteiger partial charge in [0.25, 0.3) is 15.9 Å². The molecule has 3 aromatic rings. The molecule has 6 rings (SSSR count). The Morgan fingerprint density at radius 2 is 2.00 bits per heavy atom. The Hall–Kier alpha value is -3.28. The molecule has 0 bridgehead atoms. The molecule has 2 unspecified atom stereocenters. The number of sulfonamides is 1. The Morgan fingerprint density at radius 1 is 1.19 bits per heavy atom. The minimum absolute atomic E-state index is 0.0182. The second-order valence-corrected chi connectivity index (χ2v) is 14.0. The van der Waals surface area contributed by atoms with E-state index < -0.39 is 16.1 Å². The van der Waals surface area contributed by atoms with Crippen molar-refractivity contribution in [3.05, 3.63) is 45.4 Å². The molecular formula is C29H34N6O5S2. The molecule has 0 aliphatic carbocycles. The zero-order valence-electron chi connectivity index (χ0n) is 23.5. The standard InChI is InChI=1S/C29H34N6O5S2/c1-3-20-4-6-23-21(15-20)16-26(31-23)42(38,39)34-8-9-35(22(18-34)5-7-27(36)33-10-12-40-13-11-33)29(37)28-32-24-14-19(2)30-17-25(24)41-28/h1,4,6,15-16,19,22,30-31H,5,7-14,17-18H2,2H3. The third-order valence-corrected chi connectivity index (χ3v) is 11.1. The first-order valence-corrected chi connectivity index (χ1v) is 16.5. The van der Waals surface area contributed by atoms with Gasteiger partial charge in [-0.15, -0.1) is 17.8 Å². The van der Waals surface area contributed by atoms with E-state index in [1.165, 1.54) is 15.6 Å². The van der Waals surface area contributed by atoms with E-state index >= 15 is 0 Å². The molecule has 2 N–H and O–H groups in total. The summed E-state index contributed by atoms with van der Waals surface area (Å²) in [6, 6.07) is 6.69. The first-order valence-electron chi connectivity index (χ1n) is 14.2. The number of thiazole rings is 1. The van der Waals surface area contributed by atoms with Gasteiger partial charge in [0.1, 0.15) is 5.03 Å². The molecule has 11 nitrogen and oxygen atoms in total. The Morgan fingerprint density at radius 3 is 2.79 bits per heavy atom. The zero-order valence-corrected chi connectivity index (χ0v) is 25.1. The number of carbonyl (C=O) groups is 2. The maximum atomic E-state index is 13.8. The lowest BCUT2D eigenvalue weighted by Gasteiger charge is -2.40. The van der Waals surface area contributed by atoms with Crippen LogP contribution in [0.4, 0.5) is 0 Å². The lowest BCUT2D eigenvalue weighted by molar-refractivity contribution is -0.135. The number of H-pyrrole nitrogens is 1. The van der Waals surface area contributed by atoms with Gasteiger partial charge in [-0.05, 0) is 37.6 Å². The molecule has 0 saturated carbocycles. The summed E-state index contributed by atoms with van der Waals surface area (Å²) < 4.78 is 34.4.